The van der Waals surface area contributed by atoms with Crippen molar-refractivity contribution in [3.8, 4) is 11.8 Å². The number of benzene rings is 1. The Balaban J connectivity index is 2.17. The summed E-state index contributed by atoms with van der Waals surface area (Å²) in [6.07, 6.45) is 0.841. The van der Waals surface area contributed by atoms with Crippen LogP contribution in [-0.2, 0) is 4.74 Å². The molecule has 0 bridgehead atoms. The van der Waals surface area contributed by atoms with Crippen molar-refractivity contribution in [2.24, 2.45) is 0 Å². The number of anilines is 1. The number of aromatic nitrogens is 2. The summed E-state index contributed by atoms with van der Waals surface area (Å²) in [6.45, 7) is 1.49. The fourth-order valence-corrected chi connectivity index (χ4v) is 1.45. The van der Waals surface area contributed by atoms with E-state index < -0.39 is 12.1 Å². The lowest BCUT2D eigenvalue weighted by Crippen LogP contribution is -2.14. The maximum Gasteiger partial charge on any atom is 0.360 e. The fourth-order valence-electron chi connectivity index (χ4n) is 1.45. The predicted molar refractivity (Wildman–Crippen MR) is 68.5 cm³/mol. The van der Waals surface area contributed by atoms with Crippen molar-refractivity contribution in [2.75, 3.05) is 5.73 Å². The van der Waals surface area contributed by atoms with Gasteiger partial charge in [-0.2, -0.15) is 10.4 Å². The van der Waals surface area contributed by atoms with Gasteiger partial charge in [0.1, 0.15) is 6.07 Å². The number of esters is 1. The minimum absolute atomic E-state index is 0.152. The van der Waals surface area contributed by atoms with Crippen LogP contribution in [0.4, 0.5) is 5.69 Å². The van der Waals surface area contributed by atoms with Crippen LogP contribution in [0.5, 0.6) is 0 Å². The number of carbonyl (C=O) groups excluding carboxylic acids is 1. The largest absolute Gasteiger partial charge is 0.442 e. The molecule has 0 aliphatic rings. The number of rotatable bonds is 3. The molecular weight excluding hydrogens is 244 g/mol. The van der Waals surface area contributed by atoms with E-state index in [1.807, 2.05) is 6.07 Å². The first-order valence-electron chi connectivity index (χ1n) is 5.62. The number of ether oxygens (including phenoxy) is 1. The fraction of sp³-hybridized carbons (Fsp3) is 0.154. The van der Waals surface area contributed by atoms with Gasteiger partial charge in [-0.3, -0.25) is 0 Å². The van der Waals surface area contributed by atoms with Crippen LogP contribution in [0, 0.1) is 11.3 Å². The molecule has 0 saturated heterocycles. The van der Waals surface area contributed by atoms with Crippen molar-refractivity contribution >= 4 is 11.7 Å². The normalized spacial score (nSPS) is 11.6. The van der Waals surface area contributed by atoms with E-state index in [9.17, 15) is 4.79 Å². The first kappa shape index (κ1) is 12.6. The van der Waals surface area contributed by atoms with Crippen LogP contribution >= 0.6 is 0 Å². The van der Waals surface area contributed by atoms with Crippen molar-refractivity contribution < 1.29 is 9.53 Å². The SMILES string of the molecule is CC(C#N)OC(=O)c1ccn(-c2ccc(N)cc2)n1. The Morgan fingerprint density at radius 2 is 2.11 bits per heavy atom. The van der Waals surface area contributed by atoms with Crippen LogP contribution in [0.2, 0.25) is 0 Å². The molecule has 0 aliphatic heterocycles. The lowest BCUT2D eigenvalue weighted by Gasteiger charge is -2.03. The van der Waals surface area contributed by atoms with Gasteiger partial charge in [-0.15, -0.1) is 0 Å². The standard InChI is InChI=1S/C13H12N4O2/c1-9(8-14)19-13(18)12-6-7-17(16-12)11-4-2-10(15)3-5-11/h2-7,9H,15H2,1H3. The third kappa shape index (κ3) is 2.90. The van der Waals surface area contributed by atoms with Crippen LogP contribution in [0.3, 0.4) is 0 Å². The summed E-state index contributed by atoms with van der Waals surface area (Å²) in [5.41, 5.74) is 7.18. The first-order valence-corrected chi connectivity index (χ1v) is 5.62. The Hall–Kier alpha value is -2.81. The molecule has 6 nitrogen and oxygen atoms in total. The van der Waals surface area contributed by atoms with E-state index in [0.29, 0.717) is 5.69 Å². The van der Waals surface area contributed by atoms with E-state index in [1.165, 1.54) is 17.7 Å². The highest BCUT2D eigenvalue weighted by molar-refractivity contribution is 5.87. The summed E-state index contributed by atoms with van der Waals surface area (Å²) in [5.74, 6) is -0.622. The van der Waals surface area contributed by atoms with Gasteiger partial charge in [0.15, 0.2) is 11.8 Å². The molecule has 0 spiro atoms. The molecule has 1 unspecified atom stereocenters. The number of nitrogens with two attached hydrogens (primary N) is 1. The highest BCUT2D eigenvalue weighted by Gasteiger charge is 2.14. The van der Waals surface area contributed by atoms with Crippen LogP contribution < -0.4 is 5.73 Å². The Bertz CT molecular complexity index is 625. The molecule has 0 fully saturated rings. The van der Waals surface area contributed by atoms with Crippen LogP contribution in [0.1, 0.15) is 17.4 Å². The van der Waals surface area contributed by atoms with Gasteiger partial charge in [-0.25, -0.2) is 9.48 Å². The molecule has 1 aromatic carbocycles. The second kappa shape index (κ2) is 5.23. The lowest BCUT2D eigenvalue weighted by atomic mass is 10.3. The summed E-state index contributed by atoms with van der Waals surface area (Å²) in [6, 6.07) is 10.4. The van der Waals surface area contributed by atoms with E-state index in [0.717, 1.165) is 5.69 Å². The summed E-state index contributed by atoms with van der Waals surface area (Å²) < 4.78 is 6.39. The first-order chi connectivity index (χ1) is 9.10. The van der Waals surface area contributed by atoms with Gasteiger partial charge in [0, 0.05) is 11.9 Å². The third-order valence-corrected chi connectivity index (χ3v) is 2.42. The Labute approximate surface area is 110 Å². The molecule has 0 amide bonds. The molecule has 0 saturated carbocycles. The Morgan fingerprint density at radius 1 is 1.42 bits per heavy atom. The summed E-state index contributed by atoms with van der Waals surface area (Å²) in [5, 5.41) is 12.7. The van der Waals surface area contributed by atoms with Gasteiger partial charge >= 0.3 is 5.97 Å². The van der Waals surface area contributed by atoms with Crippen molar-refractivity contribution in [1.29, 1.82) is 5.26 Å². The lowest BCUT2D eigenvalue weighted by molar-refractivity contribution is 0.0428. The van der Waals surface area contributed by atoms with Crippen molar-refractivity contribution in [2.45, 2.75) is 13.0 Å². The minimum Gasteiger partial charge on any atom is -0.442 e. The van der Waals surface area contributed by atoms with E-state index >= 15 is 0 Å². The number of nitrogen functional groups attached to an aromatic ring is 1. The monoisotopic (exact) mass is 256 g/mol. The summed E-state index contributed by atoms with van der Waals surface area (Å²) >= 11 is 0. The molecule has 1 atom stereocenters. The van der Waals surface area contributed by atoms with E-state index in [1.54, 1.807) is 30.5 Å². The van der Waals surface area contributed by atoms with Gasteiger partial charge in [0.2, 0.25) is 0 Å². The Kier molecular flexibility index (Phi) is 3.48. The Morgan fingerprint density at radius 3 is 2.74 bits per heavy atom. The topological polar surface area (TPSA) is 93.9 Å². The molecule has 2 N–H and O–H groups in total. The van der Waals surface area contributed by atoms with Gasteiger partial charge in [0.25, 0.3) is 0 Å². The van der Waals surface area contributed by atoms with E-state index in [4.69, 9.17) is 15.7 Å². The van der Waals surface area contributed by atoms with Gasteiger partial charge in [-0.1, -0.05) is 0 Å². The molecule has 0 aliphatic carbocycles. The van der Waals surface area contributed by atoms with Gasteiger partial charge < -0.3 is 10.5 Å². The number of hydrogen-bond acceptors (Lipinski definition) is 5. The highest BCUT2D eigenvalue weighted by Crippen LogP contribution is 2.11. The van der Waals surface area contributed by atoms with E-state index in [2.05, 4.69) is 5.10 Å². The summed E-state index contributed by atoms with van der Waals surface area (Å²) in [4.78, 5) is 11.6. The molecule has 2 aromatic rings. The van der Waals surface area contributed by atoms with Gasteiger partial charge in [0.05, 0.1) is 5.69 Å². The van der Waals surface area contributed by atoms with Crippen LogP contribution in [0.25, 0.3) is 5.69 Å². The molecule has 1 heterocycles. The smallest absolute Gasteiger partial charge is 0.360 e. The van der Waals surface area contributed by atoms with E-state index in [-0.39, 0.29) is 5.69 Å². The van der Waals surface area contributed by atoms with Crippen LogP contribution in [-0.4, -0.2) is 21.9 Å². The van der Waals surface area contributed by atoms with Gasteiger partial charge in [-0.05, 0) is 37.3 Å². The second-order valence-corrected chi connectivity index (χ2v) is 3.91. The molecule has 6 heteroatoms. The zero-order chi connectivity index (χ0) is 13.8. The quantitative estimate of drug-likeness (QED) is 0.663. The summed E-state index contributed by atoms with van der Waals surface area (Å²) in [7, 11) is 0. The molecular formula is C13H12N4O2. The van der Waals surface area contributed by atoms with Crippen molar-refractivity contribution in [1.82, 2.24) is 9.78 Å². The maximum atomic E-state index is 11.6. The number of carbonyl (C=O) groups is 1. The zero-order valence-electron chi connectivity index (χ0n) is 10.3. The average molecular weight is 256 g/mol. The molecule has 0 radical (unpaired) electrons. The molecule has 2 rings (SSSR count). The zero-order valence-corrected chi connectivity index (χ0v) is 10.3. The average Bonchev–Trinajstić information content (AvgIpc) is 2.89. The van der Waals surface area contributed by atoms with Crippen molar-refractivity contribution in [3.63, 3.8) is 0 Å². The second-order valence-electron chi connectivity index (χ2n) is 3.91. The number of nitriles is 1. The number of nitrogens with zero attached hydrogens (tertiary/aromatic N) is 3. The van der Waals surface area contributed by atoms with Crippen LogP contribution in [0.15, 0.2) is 36.5 Å². The molecule has 19 heavy (non-hydrogen) atoms. The maximum absolute atomic E-state index is 11.6. The molecule has 1 aromatic heterocycles. The highest BCUT2D eigenvalue weighted by atomic mass is 16.5. The predicted octanol–water partition coefficient (Wildman–Crippen LogP) is 1.52. The third-order valence-electron chi connectivity index (χ3n) is 2.42. The number of hydrogen-bond donors (Lipinski definition) is 1. The minimum atomic E-state index is -0.797. The van der Waals surface area contributed by atoms with Crippen molar-refractivity contribution in [3.05, 3.63) is 42.2 Å². The molecule has 96 valence electrons.